The van der Waals surface area contributed by atoms with Crippen molar-refractivity contribution >= 4 is 57.8 Å². The van der Waals surface area contributed by atoms with E-state index in [0.29, 0.717) is 39.6 Å². The lowest BCUT2D eigenvalue weighted by atomic mass is 10.2. The Morgan fingerprint density at radius 2 is 2.03 bits per heavy atom. The van der Waals surface area contributed by atoms with Crippen molar-refractivity contribution in [1.82, 2.24) is 15.3 Å². The molecule has 2 N–H and O–H groups in total. The number of nitro benzene ring substituents is 1. The predicted octanol–water partition coefficient (Wildman–Crippen LogP) is 5.40. The van der Waals surface area contributed by atoms with Crippen LogP contribution in [0, 0.1) is 10.1 Å². The molecular weight excluding hydrogens is 464 g/mol. The van der Waals surface area contributed by atoms with Crippen LogP contribution in [0.5, 0.6) is 0 Å². The molecule has 9 nitrogen and oxygen atoms in total. The molecule has 1 amide bonds. The Morgan fingerprint density at radius 1 is 1.18 bits per heavy atom. The molecule has 4 aromatic rings. The fourth-order valence-electron chi connectivity index (χ4n) is 2.86. The first-order chi connectivity index (χ1) is 16.0. The first kappa shape index (κ1) is 22.4. The zero-order valence-corrected chi connectivity index (χ0v) is 18.5. The maximum atomic E-state index is 12.2. The van der Waals surface area contributed by atoms with Crippen molar-refractivity contribution in [2.24, 2.45) is 0 Å². The number of aldehydes is 1. The Labute approximate surface area is 195 Å². The number of non-ortho nitro benzene ring substituents is 1. The van der Waals surface area contributed by atoms with Crippen LogP contribution in [0.4, 0.5) is 10.5 Å². The van der Waals surface area contributed by atoms with Crippen LogP contribution in [0.15, 0.2) is 80.2 Å². The van der Waals surface area contributed by atoms with Crippen LogP contribution < -0.4 is 5.32 Å². The molecule has 0 aliphatic heterocycles. The lowest BCUT2D eigenvalue weighted by Crippen LogP contribution is -2.18. The van der Waals surface area contributed by atoms with Crippen molar-refractivity contribution in [3.05, 3.63) is 87.0 Å². The lowest BCUT2D eigenvalue weighted by molar-refractivity contribution is -0.384. The van der Waals surface area contributed by atoms with Crippen LogP contribution >= 0.6 is 23.5 Å². The summed E-state index contributed by atoms with van der Waals surface area (Å²) in [5.74, 6) is 0.412. The van der Waals surface area contributed by atoms with Gasteiger partial charge in [0.15, 0.2) is 16.5 Å². The number of rotatable bonds is 8. The molecule has 0 unspecified atom stereocenters. The van der Waals surface area contributed by atoms with E-state index < -0.39 is 10.2 Å². The van der Waals surface area contributed by atoms with E-state index in [1.165, 1.54) is 30.0 Å². The summed E-state index contributed by atoms with van der Waals surface area (Å²) in [4.78, 5) is 41.8. The third-order valence-electron chi connectivity index (χ3n) is 4.34. The number of nitro groups is 1. The zero-order chi connectivity index (χ0) is 23.2. The summed E-state index contributed by atoms with van der Waals surface area (Å²) in [5.41, 5.74) is 2.29. The van der Waals surface area contributed by atoms with Gasteiger partial charge in [0.1, 0.15) is 5.76 Å². The van der Waals surface area contributed by atoms with Crippen molar-refractivity contribution in [1.29, 1.82) is 0 Å². The van der Waals surface area contributed by atoms with Crippen LogP contribution in [-0.4, -0.2) is 26.4 Å². The molecule has 0 radical (unpaired) electrons. The number of H-pyrrole nitrogens is 1. The van der Waals surface area contributed by atoms with Gasteiger partial charge in [0.25, 0.3) is 10.9 Å². The number of furan rings is 1. The molecule has 0 fully saturated rings. The van der Waals surface area contributed by atoms with E-state index in [0.717, 1.165) is 11.0 Å². The Hall–Kier alpha value is -3.83. The molecule has 0 aliphatic carbocycles. The van der Waals surface area contributed by atoms with E-state index >= 15 is 0 Å². The van der Waals surface area contributed by atoms with Gasteiger partial charge in [-0.2, -0.15) is 0 Å². The number of imidazole rings is 1. The van der Waals surface area contributed by atoms with Gasteiger partial charge in [0.2, 0.25) is 0 Å². The van der Waals surface area contributed by atoms with Crippen molar-refractivity contribution in [2.75, 3.05) is 0 Å². The summed E-state index contributed by atoms with van der Waals surface area (Å²) in [6.45, 7) is 0.0959. The summed E-state index contributed by atoms with van der Waals surface area (Å²) >= 11 is 2.02. The molecule has 2 aromatic carbocycles. The predicted molar refractivity (Wildman–Crippen MR) is 126 cm³/mol. The lowest BCUT2D eigenvalue weighted by Gasteiger charge is -2.04. The van der Waals surface area contributed by atoms with E-state index in [2.05, 4.69) is 15.3 Å². The van der Waals surface area contributed by atoms with Gasteiger partial charge in [-0.1, -0.05) is 24.3 Å². The third kappa shape index (κ3) is 5.90. The van der Waals surface area contributed by atoms with Gasteiger partial charge in [-0.3, -0.25) is 19.7 Å². The number of benzene rings is 2. The van der Waals surface area contributed by atoms with Crippen molar-refractivity contribution in [3.63, 3.8) is 0 Å². The van der Waals surface area contributed by atoms with E-state index in [9.17, 15) is 19.7 Å². The highest BCUT2D eigenvalue weighted by Gasteiger charge is 2.11. The van der Waals surface area contributed by atoms with E-state index in [1.807, 2.05) is 24.3 Å². The number of carbonyl (C=O) groups excluding carboxylic acids is 2. The minimum atomic E-state index is -0.503. The largest absolute Gasteiger partial charge is 0.450 e. The van der Waals surface area contributed by atoms with Gasteiger partial charge < -0.3 is 14.7 Å². The molecule has 0 aliphatic rings. The Bertz CT molecular complexity index is 1330. The molecule has 0 saturated carbocycles. The molecule has 2 heterocycles. The summed E-state index contributed by atoms with van der Waals surface area (Å²) in [6.07, 6.45) is 2.03. The minimum absolute atomic E-state index is 0.0583. The summed E-state index contributed by atoms with van der Waals surface area (Å²) < 4.78 is 5.72. The maximum Gasteiger partial charge on any atom is 0.284 e. The molecular formula is C22H16N4O5S2. The fourth-order valence-corrected chi connectivity index (χ4v) is 4.22. The summed E-state index contributed by atoms with van der Waals surface area (Å²) in [6, 6.07) is 17.1. The number of aromatic amines is 1. The second kappa shape index (κ2) is 10.2. The number of fused-ring (bicyclic) bond motifs is 1. The van der Waals surface area contributed by atoms with Gasteiger partial charge in [0, 0.05) is 18.7 Å². The topological polar surface area (TPSA) is 131 Å². The number of amides is 1. The third-order valence-corrected chi connectivity index (χ3v) is 5.92. The molecule has 33 heavy (non-hydrogen) atoms. The van der Waals surface area contributed by atoms with Crippen molar-refractivity contribution in [3.8, 4) is 0 Å². The highest BCUT2D eigenvalue weighted by molar-refractivity contribution is 8.17. The molecule has 2 aromatic heterocycles. The molecule has 166 valence electrons. The highest BCUT2D eigenvalue weighted by atomic mass is 32.2. The smallest absolute Gasteiger partial charge is 0.284 e. The second-order valence-corrected chi connectivity index (χ2v) is 8.69. The summed E-state index contributed by atoms with van der Waals surface area (Å²) in [5, 5.41) is 14.2. The monoisotopic (exact) mass is 480 g/mol. The van der Waals surface area contributed by atoms with Crippen molar-refractivity contribution in [2.45, 2.75) is 16.8 Å². The van der Waals surface area contributed by atoms with Crippen LogP contribution in [-0.2, 0) is 11.3 Å². The number of hydrogen-bond acceptors (Lipinski definition) is 8. The van der Waals surface area contributed by atoms with E-state index in [4.69, 9.17) is 4.42 Å². The second-order valence-electron chi connectivity index (χ2n) is 6.65. The number of hydrogen-bond donors (Lipinski definition) is 2. The number of allylic oxidation sites excluding steroid dienone is 1. The zero-order valence-electron chi connectivity index (χ0n) is 16.9. The number of thioether (sulfide) groups is 1. The number of nitrogens with zero attached hydrogens (tertiary/aromatic N) is 2. The van der Waals surface area contributed by atoms with E-state index in [-0.39, 0.29) is 17.1 Å². The first-order valence-corrected chi connectivity index (χ1v) is 11.2. The van der Waals surface area contributed by atoms with Crippen molar-refractivity contribution < 1.29 is 18.9 Å². The normalized spacial score (nSPS) is 11.5. The maximum absolute atomic E-state index is 12.2. The van der Waals surface area contributed by atoms with Gasteiger partial charge in [-0.15, -0.1) is 0 Å². The van der Waals surface area contributed by atoms with Crippen LogP contribution in [0.1, 0.15) is 11.3 Å². The molecule has 0 bridgehead atoms. The SMILES string of the molecule is O=C/C(=C/c1ccc(Sc2nc3ccccc3[nH]2)o1)SC(=O)NCc1cccc([N+](=O)[O-])c1. The molecule has 4 rings (SSSR count). The average molecular weight is 481 g/mol. The number of carbonyl (C=O) groups is 2. The Morgan fingerprint density at radius 3 is 2.82 bits per heavy atom. The number of para-hydroxylation sites is 2. The minimum Gasteiger partial charge on any atom is -0.450 e. The first-order valence-electron chi connectivity index (χ1n) is 9.58. The van der Waals surface area contributed by atoms with Gasteiger partial charge in [-0.25, -0.2) is 4.98 Å². The van der Waals surface area contributed by atoms with Gasteiger partial charge in [0.05, 0.1) is 20.9 Å². The Kier molecular flexibility index (Phi) is 6.91. The summed E-state index contributed by atoms with van der Waals surface area (Å²) in [7, 11) is 0. The average Bonchev–Trinajstić information content (AvgIpc) is 3.43. The van der Waals surface area contributed by atoms with Gasteiger partial charge in [-0.05, 0) is 59.4 Å². The Balaban J connectivity index is 1.36. The molecule has 0 atom stereocenters. The van der Waals surface area contributed by atoms with E-state index in [1.54, 1.807) is 24.3 Å². The number of aromatic nitrogens is 2. The van der Waals surface area contributed by atoms with Crippen LogP contribution in [0.3, 0.4) is 0 Å². The van der Waals surface area contributed by atoms with Crippen LogP contribution in [0.25, 0.3) is 17.1 Å². The van der Waals surface area contributed by atoms with Gasteiger partial charge >= 0.3 is 0 Å². The molecule has 0 saturated heterocycles. The standard InChI is InChI=1S/C22H16N4O5S2/c27-13-17(32-22(28)23-12-14-4-3-5-15(10-14)26(29)30)11-16-8-9-20(31-16)33-21-24-18-6-1-2-7-19(18)25-21/h1-11,13H,12H2,(H,23,28)(H,24,25)/b17-11-. The fraction of sp³-hybridized carbons (Fsp3) is 0.0455. The molecule has 0 spiro atoms. The number of nitrogens with one attached hydrogen (secondary N) is 2. The highest BCUT2D eigenvalue weighted by Crippen LogP contribution is 2.30. The quantitative estimate of drug-likeness (QED) is 0.148. The van der Waals surface area contributed by atoms with Crippen LogP contribution in [0.2, 0.25) is 0 Å². The molecule has 11 heteroatoms.